The molecule has 2 aromatic carbocycles. The Morgan fingerprint density at radius 3 is 2.40 bits per heavy atom. The second kappa shape index (κ2) is 8.14. The molecule has 0 aliphatic carbocycles. The zero-order valence-corrected chi connectivity index (χ0v) is 14.3. The van der Waals surface area contributed by atoms with Gasteiger partial charge in [-0.3, -0.25) is 14.9 Å². The van der Waals surface area contributed by atoms with Crippen molar-refractivity contribution in [3.63, 3.8) is 0 Å². The Morgan fingerprint density at radius 2 is 1.80 bits per heavy atom. The van der Waals surface area contributed by atoms with Crippen LogP contribution in [0, 0.1) is 24.0 Å². The van der Waals surface area contributed by atoms with E-state index in [0.29, 0.717) is 0 Å². The number of ether oxygens (including phenoxy) is 3. The van der Waals surface area contributed by atoms with Gasteiger partial charge in [-0.25, -0.2) is 0 Å². The number of nitrogens with zero attached hydrogens (tertiary/aromatic N) is 1. The maximum Gasteiger partial charge on any atom is 0.314 e. The monoisotopic (exact) mass is 345 g/mol. The topological polar surface area (TPSA) is 87.9 Å². The summed E-state index contributed by atoms with van der Waals surface area (Å²) in [7, 11) is 1.39. The summed E-state index contributed by atoms with van der Waals surface area (Å²) in [5.74, 6) is 0.427. The zero-order chi connectivity index (χ0) is 18.4. The molecule has 0 N–H and O–H groups in total. The number of aryl methyl sites for hydroxylation is 2. The van der Waals surface area contributed by atoms with Crippen molar-refractivity contribution < 1.29 is 23.9 Å². The molecule has 0 aromatic heterocycles. The van der Waals surface area contributed by atoms with E-state index in [-0.39, 0.29) is 30.2 Å². The van der Waals surface area contributed by atoms with Gasteiger partial charge in [0.25, 0.3) is 5.69 Å². The van der Waals surface area contributed by atoms with E-state index in [4.69, 9.17) is 14.2 Å². The number of para-hydroxylation sites is 1. The second-order valence-electron chi connectivity index (χ2n) is 5.39. The number of esters is 1. The molecule has 7 nitrogen and oxygen atoms in total. The van der Waals surface area contributed by atoms with Crippen LogP contribution in [0.2, 0.25) is 0 Å². The number of non-ortho nitro benzene ring substituents is 1. The van der Waals surface area contributed by atoms with Gasteiger partial charge in [0.1, 0.15) is 5.75 Å². The predicted molar refractivity (Wildman–Crippen MR) is 91.3 cm³/mol. The molecule has 0 spiro atoms. The molecule has 0 saturated heterocycles. The van der Waals surface area contributed by atoms with Gasteiger partial charge < -0.3 is 14.2 Å². The molecule has 0 heterocycles. The van der Waals surface area contributed by atoms with E-state index < -0.39 is 10.9 Å². The number of methoxy groups -OCH3 is 1. The van der Waals surface area contributed by atoms with Gasteiger partial charge in [-0.2, -0.15) is 0 Å². The number of rotatable bonds is 7. The largest absolute Gasteiger partial charge is 0.493 e. The van der Waals surface area contributed by atoms with Crippen LogP contribution in [0.1, 0.15) is 17.5 Å². The lowest BCUT2D eigenvalue weighted by atomic mass is 10.1. The first-order valence-corrected chi connectivity index (χ1v) is 7.64. The van der Waals surface area contributed by atoms with Gasteiger partial charge in [-0.05, 0) is 31.0 Å². The Hall–Kier alpha value is -3.09. The second-order valence-corrected chi connectivity index (χ2v) is 5.39. The van der Waals surface area contributed by atoms with E-state index >= 15 is 0 Å². The van der Waals surface area contributed by atoms with Gasteiger partial charge in [0.2, 0.25) is 0 Å². The quantitative estimate of drug-likeness (QED) is 0.330. The van der Waals surface area contributed by atoms with Crippen molar-refractivity contribution in [3.8, 4) is 17.2 Å². The lowest BCUT2D eigenvalue weighted by molar-refractivity contribution is -0.384. The Kier molecular flexibility index (Phi) is 5.94. The SMILES string of the molecule is COc1ccc([N+](=O)[O-])cc1OC(=O)CCOc1c(C)cccc1C. The summed E-state index contributed by atoms with van der Waals surface area (Å²) >= 11 is 0. The molecule has 2 aromatic rings. The van der Waals surface area contributed by atoms with Gasteiger partial charge in [-0.15, -0.1) is 0 Å². The van der Waals surface area contributed by atoms with Crippen molar-refractivity contribution in [1.82, 2.24) is 0 Å². The first kappa shape index (κ1) is 18.3. The van der Waals surface area contributed by atoms with Crippen LogP contribution in [0.25, 0.3) is 0 Å². The predicted octanol–water partition coefficient (Wildman–Crippen LogP) is 3.59. The first-order valence-electron chi connectivity index (χ1n) is 7.64. The maximum absolute atomic E-state index is 12.0. The standard InChI is InChI=1S/C18H19NO6/c1-12-5-4-6-13(2)18(12)24-10-9-17(20)25-16-11-14(19(21)22)7-8-15(16)23-3/h4-8,11H,9-10H2,1-3H3. The summed E-state index contributed by atoms with van der Waals surface area (Å²) in [6, 6.07) is 9.60. The van der Waals surface area contributed by atoms with Gasteiger partial charge in [0.05, 0.1) is 31.1 Å². The first-order chi connectivity index (χ1) is 11.9. The highest BCUT2D eigenvalue weighted by Crippen LogP contribution is 2.31. The molecular formula is C18H19NO6. The third-order valence-corrected chi connectivity index (χ3v) is 3.54. The molecule has 0 aliphatic rings. The fourth-order valence-corrected chi connectivity index (χ4v) is 2.30. The number of nitro benzene ring substituents is 1. The number of benzene rings is 2. The number of carbonyl (C=O) groups excluding carboxylic acids is 1. The zero-order valence-electron chi connectivity index (χ0n) is 14.3. The number of hydrogen-bond donors (Lipinski definition) is 0. The fraction of sp³-hybridized carbons (Fsp3) is 0.278. The highest BCUT2D eigenvalue weighted by Gasteiger charge is 2.16. The summed E-state index contributed by atoms with van der Waals surface area (Å²) in [4.78, 5) is 22.3. The molecule has 25 heavy (non-hydrogen) atoms. The van der Waals surface area contributed by atoms with Crippen molar-refractivity contribution in [1.29, 1.82) is 0 Å². The fourth-order valence-electron chi connectivity index (χ4n) is 2.30. The van der Waals surface area contributed by atoms with Crippen molar-refractivity contribution in [2.45, 2.75) is 20.3 Å². The van der Waals surface area contributed by atoms with E-state index in [0.717, 1.165) is 22.9 Å². The van der Waals surface area contributed by atoms with Crippen molar-refractivity contribution >= 4 is 11.7 Å². The van der Waals surface area contributed by atoms with Gasteiger partial charge in [0, 0.05) is 6.07 Å². The minimum absolute atomic E-state index is 0.000377. The Balaban J connectivity index is 1.98. The number of nitro groups is 1. The third-order valence-electron chi connectivity index (χ3n) is 3.54. The molecule has 0 saturated carbocycles. The average molecular weight is 345 g/mol. The van der Waals surface area contributed by atoms with Crippen LogP contribution in [0.4, 0.5) is 5.69 Å². The molecule has 0 bridgehead atoms. The van der Waals surface area contributed by atoms with Crippen molar-refractivity contribution in [2.24, 2.45) is 0 Å². The summed E-state index contributed by atoms with van der Waals surface area (Å²) in [5.41, 5.74) is 1.78. The molecule has 132 valence electrons. The molecule has 0 unspecified atom stereocenters. The van der Waals surface area contributed by atoms with E-state index in [1.54, 1.807) is 0 Å². The third kappa shape index (κ3) is 4.69. The molecule has 7 heteroatoms. The van der Waals surface area contributed by atoms with Gasteiger partial charge in [-0.1, -0.05) is 18.2 Å². The van der Waals surface area contributed by atoms with Crippen LogP contribution in [0.5, 0.6) is 17.2 Å². The molecule has 0 amide bonds. The Bertz CT molecular complexity index is 767. The lowest BCUT2D eigenvalue weighted by Gasteiger charge is -2.12. The highest BCUT2D eigenvalue weighted by atomic mass is 16.6. The maximum atomic E-state index is 12.0. The normalized spacial score (nSPS) is 10.2. The van der Waals surface area contributed by atoms with Crippen LogP contribution in [-0.2, 0) is 4.79 Å². The van der Waals surface area contributed by atoms with Crippen LogP contribution < -0.4 is 14.2 Å². The summed E-state index contributed by atoms with van der Waals surface area (Å²) in [6.07, 6.45) is -0.000377. The molecule has 0 radical (unpaired) electrons. The van der Waals surface area contributed by atoms with E-state index in [9.17, 15) is 14.9 Å². The van der Waals surface area contributed by atoms with Crippen LogP contribution >= 0.6 is 0 Å². The minimum atomic E-state index is -0.569. The van der Waals surface area contributed by atoms with Crippen LogP contribution in [0.15, 0.2) is 36.4 Å². The molecule has 0 aliphatic heterocycles. The number of hydrogen-bond acceptors (Lipinski definition) is 6. The lowest BCUT2D eigenvalue weighted by Crippen LogP contribution is -2.13. The van der Waals surface area contributed by atoms with Gasteiger partial charge >= 0.3 is 5.97 Å². The molecular weight excluding hydrogens is 326 g/mol. The molecule has 2 rings (SSSR count). The summed E-state index contributed by atoms with van der Waals surface area (Å²) in [5, 5.41) is 10.8. The highest BCUT2D eigenvalue weighted by molar-refractivity contribution is 5.73. The van der Waals surface area contributed by atoms with E-state index in [1.807, 2.05) is 32.0 Å². The average Bonchev–Trinajstić information content (AvgIpc) is 2.57. The molecule has 0 atom stereocenters. The summed E-state index contributed by atoms with van der Waals surface area (Å²) < 4.78 is 15.9. The summed E-state index contributed by atoms with van der Waals surface area (Å²) in [6.45, 7) is 3.99. The van der Waals surface area contributed by atoms with Crippen LogP contribution in [-0.4, -0.2) is 24.6 Å². The van der Waals surface area contributed by atoms with E-state index in [2.05, 4.69) is 0 Å². The van der Waals surface area contributed by atoms with Crippen LogP contribution in [0.3, 0.4) is 0 Å². The number of carbonyl (C=O) groups is 1. The minimum Gasteiger partial charge on any atom is -0.493 e. The Morgan fingerprint density at radius 1 is 1.12 bits per heavy atom. The smallest absolute Gasteiger partial charge is 0.314 e. The van der Waals surface area contributed by atoms with Gasteiger partial charge in [0.15, 0.2) is 11.5 Å². The van der Waals surface area contributed by atoms with Crippen molar-refractivity contribution in [2.75, 3.05) is 13.7 Å². The molecule has 0 fully saturated rings. The van der Waals surface area contributed by atoms with Crippen molar-refractivity contribution in [3.05, 3.63) is 57.6 Å². The Labute approximate surface area is 145 Å². The van der Waals surface area contributed by atoms with E-state index in [1.165, 1.54) is 19.2 Å².